The molecule has 2 aromatic rings. The van der Waals surface area contributed by atoms with Crippen LogP contribution in [0.2, 0.25) is 0 Å². The average Bonchev–Trinajstić information content (AvgIpc) is 2.89. The molecule has 1 saturated heterocycles. The summed E-state index contributed by atoms with van der Waals surface area (Å²) in [5, 5.41) is 4.52. The van der Waals surface area contributed by atoms with Gasteiger partial charge in [-0.2, -0.15) is 5.10 Å². The van der Waals surface area contributed by atoms with Crippen molar-refractivity contribution in [3.63, 3.8) is 0 Å². The smallest absolute Gasteiger partial charge is 0.257 e. The standard InChI is InChI=1S/C20H27FN4O/c1-14(2)13-23-9-11-24(12-10-23)20(26)19-15(3)22-25(16(19)4)18-7-5-17(21)6-8-18/h5-8,14H,9-13H2,1-4H3. The second-order valence-corrected chi connectivity index (χ2v) is 7.42. The van der Waals surface area contributed by atoms with Gasteiger partial charge in [-0.3, -0.25) is 9.69 Å². The van der Waals surface area contributed by atoms with Crippen LogP contribution in [-0.4, -0.2) is 58.2 Å². The zero-order chi connectivity index (χ0) is 18.8. The maximum absolute atomic E-state index is 13.2. The predicted molar refractivity (Wildman–Crippen MR) is 100 cm³/mol. The number of hydrogen-bond acceptors (Lipinski definition) is 3. The van der Waals surface area contributed by atoms with Crippen LogP contribution in [0.3, 0.4) is 0 Å². The van der Waals surface area contributed by atoms with Gasteiger partial charge < -0.3 is 4.90 Å². The highest BCUT2D eigenvalue weighted by Gasteiger charge is 2.27. The Morgan fingerprint density at radius 2 is 1.73 bits per heavy atom. The number of aryl methyl sites for hydroxylation is 1. The van der Waals surface area contributed by atoms with Crippen molar-refractivity contribution in [1.29, 1.82) is 0 Å². The second kappa shape index (κ2) is 7.58. The third-order valence-electron chi connectivity index (χ3n) is 4.86. The Bertz CT molecular complexity index is 774. The fourth-order valence-electron chi connectivity index (χ4n) is 3.59. The van der Waals surface area contributed by atoms with Crippen molar-refractivity contribution < 1.29 is 9.18 Å². The topological polar surface area (TPSA) is 41.4 Å². The molecule has 1 aliphatic heterocycles. The lowest BCUT2D eigenvalue weighted by molar-refractivity contribution is 0.0622. The number of aromatic nitrogens is 2. The quantitative estimate of drug-likeness (QED) is 0.844. The molecule has 0 unspecified atom stereocenters. The molecule has 1 amide bonds. The molecule has 1 aromatic carbocycles. The van der Waals surface area contributed by atoms with E-state index in [1.807, 2.05) is 18.7 Å². The molecular weight excluding hydrogens is 331 g/mol. The van der Waals surface area contributed by atoms with E-state index in [1.165, 1.54) is 12.1 Å². The molecule has 6 heteroatoms. The van der Waals surface area contributed by atoms with Crippen LogP contribution in [0.25, 0.3) is 5.69 Å². The first-order chi connectivity index (χ1) is 12.4. The van der Waals surface area contributed by atoms with Crippen molar-refractivity contribution >= 4 is 5.91 Å². The van der Waals surface area contributed by atoms with E-state index in [9.17, 15) is 9.18 Å². The second-order valence-electron chi connectivity index (χ2n) is 7.42. The minimum atomic E-state index is -0.286. The van der Waals surface area contributed by atoms with E-state index in [0.29, 0.717) is 17.2 Å². The molecule has 1 aromatic heterocycles. The molecule has 0 atom stereocenters. The predicted octanol–water partition coefficient (Wildman–Crippen LogP) is 3.04. The van der Waals surface area contributed by atoms with Crippen LogP contribution in [0.4, 0.5) is 4.39 Å². The third kappa shape index (κ3) is 3.80. The summed E-state index contributed by atoms with van der Waals surface area (Å²) in [6.45, 7) is 12.6. The number of nitrogens with zero attached hydrogens (tertiary/aromatic N) is 4. The van der Waals surface area contributed by atoms with Crippen molar-refractivity contribution in [1.82, 2.24) is 19.6 Å². The van der Waals surface area contributed by atoms with Crippen LogP contribution in [0.1, 0.15) is 35.6 Å². The van der Waals surface area contributed by atoms with Gasteiger partial charge in [-0.05, 0) is 44.0 Å². The van der Waals surface area contributed by atoms with Gasteiger partial charge in [-0.15, -0.1) is 0 Å². The normalized spacial score (nSPS) is 15.7. The summed E-state index contributed by atoms with van der Waals surface area (Å²) in [5.74, 6) is 0.388. The number of halogens is 1. The number of rotatable bonds is 4. The van der Waals surface area contributed by atoms with E-state index in [1.54, 1.807) is 16.8 Å². The highest BCUT2D eigenvalue weighted by molar-refractivity contribution is 5.96. The van der Waals surface area contributed by atoms with Crippen LogP contribution in [-0.2, 0) is 0 Å². The number of hydrogen-bond donors (Lipinski definition) is 0. The van der Waals surface area contributed by atoms with Gasteiger partial charge in [0.05, 0.1) is 22.6 Å². The Hall–Kier alpha value is -2.21. The minimum Gasteiger partial charge on any atom is -0.336 e. The van der Waals surface area contributed by atoms with E-state index < -0.39 is 0 Å². The summed E-state index contributed by atoms with van der Waals surface area (Å²) >= 11 is 0. The lowest BCUT2D eigenvalue weighted by Gasteiger charge is -2.35. The van der Waals surface area contributed by atoms with E-state index in [2.05, 4.69) is 23.8 Å². The lowest BCUT2D eigenvalue weighted by Crippen LogP contribution is -2.49. The molecule has 1 aliphatic rings. The molecule has 140 valence electrons. The molecule has 0 N–H and O–H groups in total. The van der Waals surface area contributed by atoms with Crippen molar-refractivity contribution in [2.75, 3.05) is 32.7 Å². The SMILES string of the molecule is Cc1nn(-c2ccc(F)cc2)c(C)c1C(=O)N1CCN(CC(C)C)CC1. The Balaban J connectivity index is 1.77. The van der Waals surface area contributed by atoms with Gasteiger partial charge in [-0.25, -0.2) is 9.07 Å². The van der Waals surface area contributed by atoms with Gasteiger partial charge in [0.15, 0.2) is 0 Å². The fraction of sp³-hybridized carbons (Fsp3) is 0.500. The number of benzene rings is 1. The van der Waals surface area contributed by atoms with Gasteiger partial charge in [0.25, 0.3) is 5.91 Å². The first kappa shape index (κ1) is 18.6. The largest absolute Gasteiger partial charge is 0.336 e. The van der Waals surface area contributed by atoms with Gasteiger partial charge in [0, 0.05) is 32.7 Å². The monoisotopic (exact) mass is 358 g/mol. The highest BCUT2D eigenvalue weighted by atomic mass is 19.1. The fourth-order valence-corrected chi connectivity index (χ4v) is 3.59. The van der Waals surface area contributed by atoms with Gasteiger partial charge in [-0.1, -0.05) is 13.8 Å². The maximum atomic E-state index is 13.2. The molecule has 0 saturated carbocycles. The molecule has 0 bridgehead atoms. The molecule has 1 fully saturated rings. The molecule has 3 rings (SSSR count). The maximum Gasteiger partial charge on any atom is 0.257 e. The van der Waals surface area contributed by atoms with Crippen LogP contribution in [0.15, 0.2) is 24.3 Å². The minimum absolute atomic E-state index is 0.0394. The van der Waals surface area contributed by atoms with Crippen LogP contribution in [0, 0.1) is 25.6 Å². The molecule has 26 heavy (non-hydrogen) atoms. The Kier molecular flexibility index (Phi) is 5.41. The highest BCUT2D eigenvalue weighted by Crippen LogP contribution is 2.21. The Labute approximate surface area is 154 Å². The summed E-state index contributed by atoms with van der Waals surface area (Å²) in [6, 6.07) is 6.16. The van der Waals surface area contributed by atoms with Crippen LogP contribution >= 0.6 is 0 Å². The van der Waals surface area contributed by atoms with Gasteiger partial charge in [0.1, 0.15) is 5.82 Å². The van der Waals surface area contributed by atoms with Crippen LogP contribution in [0.5, 0.6) is 0 Å². The summed E-state index contributed by atoms with van der Waals surface area (Å²) in [4.78, 5) is 17.4. The number of carbonyl (C=O) groups excluding carboxylic acids is 1. The number of carbonyl (C=O) groups is 1. The van der Waals surface area contributed by atoms with Crippen molar-refractivity contribution in [2.45, 2.75) is 27.7 Å². The molecule has 0 aliphatic carbocycles. The van der Waals surface area contributed by atoms with Crippen molar-refractivity contribution in [2.24, 2.45) is 5.92 Å². The van der Waals surface area contributed by atoms with Crippen LogP contribution < -0.4 is 0 Å². The summed E-state index contributed by atoms with van der Waals surface area (Å²) in [5.41, 5.74) is 2.92. The van der Waals surface area contributed by atoms with Crippen molar-refractivity contribution in [3.8, 4) is 5.69 Å². The Morgan fingerprint density at radius 1 is 1.12 bits per heavy atom. The molecular formula is C20H27FN4O. The van der Waals surface area contributed by atoms with Gasteiger partial charge >= 0.3 is 0 Å². The van der Waals surface area contributed by atoms with E-state index >= 15 is 0 Å². The number of amides is 1. The Morgan fingerprint density at radius 3 is 2.31 bits per heavy atom. The average molecular weight is 358 g/mol. The lowest BCUT2D eigenvalue weighted by atomic mass is 10.1. The number of piperazine rings is 1. The zero-order valence-electron chi connectivity index (χ0n) is 16.0. The summed E-state index contributed by atoms with van der Waals surface area (Å²) < 4.78 is 14.9. The first-order valence-corrected chi connectivity index (χ1v) is 9.20. The molecule has 0 radical (unpaired) electrons. The van der Waals surface area contributed by atoms with E-state index in [-0.39, 0.29) is 11.7 Å². The molecule has 2 heterocycles. The molecule has 5 nitrogen and oxygen atoms in total. The summed E-state index contributed by atoms with van der Waals surface area (Å²) in [7, 11) is 0. The summed E-state index contributed by atoms with van der Waals surface area (Å²) in [6.07, 6.45) is 0. The first-order valence-electron chi connectivity index (χ1n) is 9.20. The zero-order valence-corrected chi connectivity index (χ0v) is 16.0. The molecule has 0 spiro atoms. The van der Waals surface area contributed by atoms with E-state index in [0.717, 1.165) is 44.1 Å². The van der Waals surface area contributed by atoms with Crippen molar-refractivity contribution in [3.05, 3.63) is 47.0 Å². The third-order valence-corrected chi connectivity index (χ3v) is 4.86. The van der Waals surface area contributed by atoms with Gasteiger partial charge in [0.2, 0.25) is 0 Å². The van der Waals surface area contributed by atoms with E-state index in [4.69, 9.17) is 0 Å².